The van der Waals surface area contributed by atoms with Gasteiger partial charge in [-0.15, -0.1) is 0 Å². The molecule has 2 N–H and O–H groups in total. The van der Waals surface area contributed by atoms with E-state index in [-0.39, 0.29) is 11.9 Å². The standard InChI is InChI=1S/C17H26N2O/c1-12(2)16(14-7-5-4-6-8-14)11-18-13(3)17(20)19-15-9-10-15/h4-8,12-13,15-16,18H,9-11H2,1-3H3,(H,19,20). The molecule has 2 unspecified atom stereocenters. The second-order valence-corrected chi connectivity index (χ2v) is 6.17. The minimum absolute atomic E-state index is 0.124. The van der Waals surface area contributed by atoms with Crippen LogP contribution in [-0.4, -0.2) is 24.5 Å². The van der Waals surface area contributed by atoms with E-state index in [0.29, 0.717) is 17.9 Å². The molecule has 3 nitrogen and oxygen atoms in total. The second kappa shape index (κ2) is 6.89. The number of benzene rings is 1. The molecule has 0 aliphatic heterocycles. The molecule has 2 rings (SSSR count). The SMILES string of the molecule is CC(NCC(c1ccccc1)C(C)C)C(=O)NC1CC1. The van der Waals surface area contributed by atoms with Gasteiger partial charge < -0.3 is 10.6 Å². The average molecular weight is 274 g/mol. The summed E-state index contributed by atoms with van der Waals surface area (Å²) in [6.07, 6.45) is 2.27. The Morgan fingerprint density at radius 3 is 2.40 bits per heavy atom. The highest BCUT2D eigenvalue weighted by atomic mass is 16.2. The first-order chi connectivity index (χ1) is 9.58. The third-order valence-electron chi connectivity index (χ3n) is 3.99. The third kappa shape index (κ3) is 4.34. The Labute approximate surface area is 122 Å². The summed E-state index contributed by atoms with van der Waals surface area (Å²) in [6.45, 7) is 7.24. The monoisotopic (exact) mass is 274 g/mol. The maximum atomic E-state index is 11.9. The predicted molar refractivity (Wildman–Crippen MR) is 82.7 cm³/mol. The first kappa shape index (κ1) is 15.0. The van der Waals surface area contributed by atoms with E-state index in [0.717, 1.165) is 19.4 Å². The molecule has 1 fully saturated rings. The zero-order chi connectivity index (χ0) is 14.5. The zero-order valence-corrected chi connectivity index (χ0v) is 12.7. The lowest BCUT2D eigenvalue weighted by Gasteiger charge is -2.24. The summed E-state index contributed by atoms with van der Waals surface area (Å²) in [5, 5.41) is 6.43. The maximum Gasteiger partial charge on any atom is 0.237 e. The molecule has 0 heterocycles. The first-order valence-electron chi connectivity index (χ1n) is 7.66. The van der Waals surface area contributed by atoms with Gasteiger partial charge >= 0.3 is 0 Å². The number of hydrogen-bond acceptors (Lipinski definition) is 2. The van der Waals surface area contributed by atoms with Crippen molar-refractivity contribution in [1.29, 1.82) is 0 Å². The Morgan fingerprint density at radius 1 is 1.20 bits per heavy atom. The molecule has 1 aromatic rings. The minimum Gasteiger partial charge on any atom is -0.352 e. The largest absolute Gasteiger partial charge is 0.352 e. The van der Waals surface area contributed by atoms with E-state index in [1.54, 1.807) is 0 Å². The first-order valence-corrected chi connectivity index (χ1v) is 7.66. The van der Waals surface area contributed by atoms with Crippen molar-refractivity contribution in [1.82, 2.24) is 10.6 Å². The molecule has 0 saturated heterocycles. The van der Waals surface area contributed by atoms with Crippen LogP contribution >= 0.6 is 0 Å². The molecule has 110 valence electrons. The van der Waals surface area contributed by atoms with Crippen LogP contribution in [0.5, 0.6) is 0 Å². The normalized spacial score (nSPS) is 17.8. The van der Waals surface area contributed by atoms with Crippen LogP contribution in [0, 0.1) is 5.92 Å². The summed E-state index contributed by atoms with van der Waals surface area (Å²) in [4.78, 5) is 11.9. The Kier molecular flexibility index (Phi) is 5.18. The highest BCUT2D eigenvalue weighted by Gasteiger charge is 2.26. The van der Waals surface area contributed by atoms with Gasteiger partial charge in [0, 0.05) is 12.6 Å². The van der Waals surface area contributed by atoms with E-state index in [4.69, 9.17) is 0 Å². The number of amides is 1. The fourth-order valence-corrected chi connectivity index (χ4v) is 2.39. The summed E-state index contributed by atoms with van der Waals surface area (Å²) >= 11 is 0. The summed E-state index contributed by atoms with van der Waals surface area (Å²) in [5.41, 5.74) is 1.34. The summed E-state index contributed by atoms with van der Waals surface area (Å²) in [7, 11) is 0. The number of rotatable bonds is 7. The molecule has 1 aliphatic carbocycles. The molecule has 1 aromatic carbocycles. The van der Waals surface area contributed by atoms with Crippen molar-refractivity contribution < 1.29 is 4.79 Å². The highest BCUT2D eigenvalue weighted by molar-refractivity contribution is 5.81. The number of carbonyl (C=O) groups is 1. The van der Waals surface area contributed by atoms with E-state index in [9.17, 15) is 4.79 Å². The number of nitrogens with one attached hydrogen (secondary N) is 2. The van der Waals surface area contributed by atoms with Crippen molar-refractivity contribution in [2.24, 2.45) is 5.92 Å². The third-order valence-corrected chi connectivity index (χ3v) is 3.99. The van der Waals surface area contributed by atoms with Crippen molar-refractivity contribution in [2.75, 3.05) is 6.54 Å². The Morgan fingerprint density at radius 2 is 1.85 bits per heavy atom. The van der Waals surface area contributed by atoms with Crippen molar-refractivity contribution in [3.05, 3.63) is 35.9 Å². The molecule has 0 bridgehead atoms. The predicted octanol–water partition coefficient (Wildman–Crippen LogP) is 2.68. The van der Waals surface area contributed by atoms with Crippen molar-refractivity contribution in [3.63, 3.8) is 0 Å². The van der Waals surface area contributed by atoms with Gasteiger partial charge in [-0.25, -0.2) is 0 Å². The lowest BCUT2D eigenvalue weighted by Crippen LogP contribution is -2.44. The summed E-state index contributed by atoms with van der Waals surface area (Å²) in [6, 6.07) is 10.8. The summed E-state index contributed by atoms with van der Waals surface area (Å²) in [5.74, 6) is 1.11. The molecule has 0 radical (unpaired) electrons. The fourth-order valence-electron chi connectivity index (χ4n) is 2.39. The van der Waals surface area contributed by atoms with E-state index in [1.807, 2.05) is 13.0 Å². The molecule has 20 heavy (non-hydrogen) atoms. The van der Waals surface area contributed by atoms with Gasteiger partial charge in [0.05, 0.1) is 6.04 Å². The van der Waals surface area contributed by atoms with Crippen LogP contribution in [0.15, 0.2) is 30.3 Å². The van der Waals surface area contributed by atoms with E-state index < -0.39 is 0 Å². The Bertz CT molecular complexity index is 426. The Hall–Kier alpha value is -1.35. The minimum atomic E-state index is -0.124. The van der Waals surface area contributed by atoms with Crippen LogP contribution in [0.3, 0.4) is 0 Å². The van der Waals surface area contributed by atoms with Gasteiger partial charge in [0.25, 0.3) is 0 Å². The quantitative estimate of drug-likeness (QED) is 0.802. The van der Waals surface area contributed by atoms with E-state index >= 15 is 0 Å². The summed E-state index contributed by atoms with van der Waals surface area (Å²) < 4.78 is 0. The number of hydrogen-bond donors (Lipinski definition) is 2. The second-order valence-electron chi connectivity index (χ2n) is 6.17. The van der Waals surface area contributed by atoms with Crippen LogP contribution in [0.2, 0.25) is 0 Å². The topological polar surface area (TPSA) is 41.1 Å². The Balaban J connectivity index is 1.87. The molecule has 3 heteroatoms. The van der Waals surface area contributed by atoms with Crippen LogP contribution in [0.1, 0.15) is 45.1 Å². The van der Waals surface area contributed by atoms with E-state index in [1.165, 1.54) is 5.56 Å². The molecule has 1 saturated carbocycles. The molecule has 0 spiro atoms. The van der Waals surface area contributed by atoms with Crippen molar-refractivity contribution in [2.45, 2.75) is 51.6 Å². The van der Waals surface area contributed by atoms with Gasteiger partial charge in [-0.05, 0) is 37.2 Å². The molecular formula is C17H26N2O. The lowest BCUT2D eigenvalue weighted by molar-refractivity contribution is -0.122. The van der Waals surface area contributed by atoms with Crippen LogP contribution in [0.25, 0.3) is 0 Å². The van der Waals surface area contributed by atoms with Crippen LogP contribution in [0.4, 0.5) is 0 Å². The van der Waals surface area contributed by atoms with Gasteiger partial charge in [-0.2, -0.15) is 0 Å². The number of carbonyl (C=O) groups excluding carboxylic acids is 1. The van der Waals surface area contributed by atoms with Crippen molar-refractivity contribution in [3.8, 4) is 0 Å². The van der Waals surface area contributed by atoms with Gasteiger partial charge in [-0.3, -0.25) is 4.79 Å². The van der Waals surface area contributed by atoms with Crippen molar-refractivity contribution >= 4 is 5.91 Å². The average Bonchev–Trinajstić information content (AvgIpc) is 3.23. The van der Waals surface area contributed by atoms with Gasteiger partial charge in [0.2, 0.25) is 5.91 Å². The van der Waals surface area contributed by atoms with Gasteiger partial charge in [0.1, 0.15) is 0 Å². The van der Waals surface area contributed by atoms with Gasteiger partial charge in [0.15, 0.2) is 0 Å². The zero-order valence-electron chi connectivity index (χ0n) is 12.7. The molecule has 1 amide bonds. The van der Waals surface area contributed by atoms with Crippen LogP contribution in [-0.2, 0) is 4.79 Å². The molecule has 2 atom stereocenters. The molecule has 0 aromatic heterocycles. The van der Waals surface area contributed by atoms with Gasteiger partial charge in [-0.1, -0.05) is 44.2 Å². The smallest absolute Gasteiger partial charge is 0.237 e. The molecular weight excluding hydrogens is 248 g/mol. The fraction of sp³-hybridized carbons (Fsp3) is 0.588. The van der Waals surface area contributed by atoms with E-state index in [2.05, 4.69) is 48.7 Å². The lowest BCUT2D eigenvalue weighted by atomic mass is 9.88. The maximum absolute atomic E-state index is 11.9. The molecule has 1 aliphatic rings. The highest BCUT2D eigenvalue weighted by Crippen LogP contribution is 2.23. The van der Waals surface area contributed by atoms with Crippen LogP contribution < -0.4 is 10.6 Å².